The first-order valence-corrected chi connectivity index (χ1v) is 13.3. The minimum Gasteiger partial charge on any atom is -0.326 e. The van der Waals surface area contributed by atoms with Gasteiger partial charge in [0.25, 0.3) is 0 Å². The number of carbonyl (C=O) groups excluding carboxylic acids is 1. The Labute approximate surface area is 194 Å². The summed E-state index contributed by atoms with van der Waals surface area (Å²) in [6.45, 7) is 4.05. The van der Waals surface area contributed by atoms with E-state index in [1.54, 1.807) is 24.3 Å². The van der Waals surface area contributed by atoms with Gasteiger partial charge in [0.05, 0.1) is 4.90 Å². The molecule has 1 fully saturated rings. The Kier molecular flexibility index (Phi) is 8.30. The molecular formula is C24H31BrN2O3S. The molecule has 7 heteroatoms. The van der Waals surface area contributed by atoms with E-state index >= 15 is 0 Å². The fourth-order valence-corrected chi connectivity index (χ4v) is 6.00. The van der Waals surface area contributed by atoms with Crippen LogP contribution in [0.3, 0.4) is 0 Å². The van der Waals surface area contributed by atoms with Crippen LogP contribution in [0.2, 0.25) is 0 Å². The molecule has 2 aromatic rings. The van der Waals surface area contributed by atoms with Gasteiger partial charge < -0.3 is 5.32 Å². The summed E-state index contributed by atoms with van der Waals surface area (Å²) in [7, 11) is -3.50. The Morgan fingerprint density at radius 2 is 1.77 bits per heavy atom. The number of rotatable bonds is 8. The summed E-state index contributed by atoms with van der Waals surface area (Å²) in [4.78, 5) is 12.8. The Morgan fingerprint density at radius 3 is 2.42 bits per heavy atom. The van der Waals surface area contributed by atoms with Gasteiger partial charge in [-0.05, 0) is 73.6 Å². The van der Waals surface area contributed by atoms with Gasteiger partial charge in [-0.2, -0.15) is 0 Å². The van der Waals surface area contributed by atoms with Crippen LogP contribution in [0.1, 0.15) is 62.1 Å². The zero-order chi connectivity index (χ0) is 22.4. The van der Waals surface area contributed by atoms with E-state index in [0.717, 1.165) is 59.0 Å². The first-order chi connectivity index (χ1) is 14.8. The van der Waals surface area contributed by atoms with Crippen molar-refractivity contribution in [1.82, 2.24) is 4.72 Å². The van der Waals surface area contributed by atoms with Crippen LogP contribution in [0.25, 0.3) is 0 Å². The third kappa shape index (κ3) is 6.64. The first-order valence-electron chi connectivity index (χ1n) is 11.0. The molecule has 1 amide bonds. The Balaban J connectivity index is 1.57. The lowest BCUT2D eigenvalue weighted by Crippen LogP contribution is -2.36. The van der Waals surface area contributed by atoms with Gasteiger partial charge in [0.15, 0.2) is 0 Å². The predicted molar refractivity (Wildman–Crippen MR) is 129 cm³/mol. The molecule has 0 bridgehead atoms. The van der Waals surface area contributed by atoms with Crippen molar-refractivity contribution < 1.29 is 13.2 Å². The molecule has 0 atom stereocenters. The molecule has 3 rings (SSSR count). The molecule has 0 radical (unpaired) electrons. The minimum absolute atomic E-state index is 0.0391. The number of amides is 1. The molecule has 2 N–H and O–H groups in total. The normalized spacial score (nSPS) is 15.1. The number of carbonyl (C=O) groups is 1. The summed E-state index contributed by atoms with van der Waals surface area (Å²) in [6.07, 6.45) is 6.88. The molecule has 168 valence electrons. The maximum atomic E-state index is 12.6. The number of benzene rings is 2. The monoisotopic (exact) mass is 506 g/mol. The van der Waals surface area contributed by atoms with Crippen molar-refractivity contribution in [2.45, 2.75) is 76.2 Å². The van der Waals surface area contributed by atoms with Gasteiger partial charge in [0.2, 0.25) is 15.9 Å². The van der Waals surface area contributed by atoms with Gasteiger partial charge in [-0.3, -0.25) is 4.79 Å². The van der Waals surface area contributed by atoms with Crippen molar-refractivity contribution in [2.75, 3.05) is 5.32 Å². The van der Waals surface area contributed by atoms with E-state index in [1.165, 1.54) is 6.42 Å². The van der Waals surface area contributed by atoms with Crippen molar-refractivity contribution in [2.24, 2.45) is 0 Å². The highest BCUT2D eigenvalue weighted by molar-refractivity contribution is 9.10. The number of halogens is 1. The summed E-state index contributed by atoms with van der Waals surface area (Å²) in [5, 5.41) is 3.04. The summed E-state index contributed by atoms with van der Waals surface area (Å²) < 4.78 is 29.1. The molecule has 0 saturated heterocycles. The van der Waals surface area contributed by atoms with E-state index in [2.05, 4.69) is 32.9 Å². The van der Waals surface area contributed by atoms with Crippen molar-refractivity contribution in [3.63, 3.8) is 0 Å². The first kappa shape index (κ1) is 24.0. The van der Waals surface area contributed by atoms with Gasteiger partial charge >= 0.3 is 0 Å². The Morgan fingerprint density at radius 1 is 1.10 bits per heavy atom. The maximum absolute atomic E-state index is 12.6. The van der Waals surface area contributed by atoms with Crippen molar-refractivity contribution >= 4 is 37.5 Å². The van der Waals surface area contributed by atoms with E-state index in [1.807, 2.05) is 19.1 Å². The zero-order valence-electron chi connectivity index (χ0n) is 18.2. The molecule has 1 saturated carbocycles. The van der Waals surface area contributed by atoms with E-state index in [4.69, 9.17) is 0 Å². The summed E-state index contributed by atoms with van der Waals surface area (Å²) in [5.74, 6) is -0.0456. The molecular weight excluding hydrogens is 476 g/mol. The van der Waals surface area contributed by atoms with Crippen LogP contribution in [-0.2, 0) is 27.7 Å². The number of aryl methyl sites for hydroxylation is 3. The highest BCUT2D eigenvalue weighted by Crippen LogP contribution is 2.26. The summed E-state index contributed by atoms with van der Waals surface area (Å²) in [6, 6.07) is 10.9. The van der Waals surface area contributed by atoms with Gasteiger partial charge in [0.1, 0.15) is 0 Å². The van der Waals surface area contributed by atoms with Gasteiger partial charge in [0, 0.05) is 22.6 Å². The van der Waals surface area contributed by atoms with Crippen molar-refractivity contribution in [3.05, 3.63) is 57.6 Å². The molecule has 0 aliphatic heterocycles. The fraction of sp³-hybridized carbons (Fsp3) is 0.458. The van der Waals surface area contributed by atoms with Crippen LogP contribution in [0.5, 0.6) is 0 Å². The smallest absolute Gasteiger partial charge is 0.240 e. The standard InChI is InChI=1S/C24H31BrN2O3S/c1-3-19-16-20(25)15-17(2)24(19)26-23(28)14-11-18-9-12-22(13-10-18)31(29,30)27-21-7-5-4-6-8-21/h9-10,12-13,15-16,21,27H,3-8,11,14H2,1-2H3,(H,26,28). The second kappa shape index (κ2) is 10.7. The quantitative estimate of drug-likeness (QED) is 0.495. The molecule has 0 unspecified atom stereocenters. The van der Waals surface area contributed by atoms with E-state index in [9.17, 15) is 13.2 Å². The van der Waals surface area contributed by atoms with Gasteiger partial charge in [-0.1, -0.05) is 54.2 Å². The lowest BCUT2D eigenvalue weighted by molar-refractivity contribution is -0.116. The van der Waals surface area contributed by atoms with Crippen LogP contribution in [0.4, 0.5) is 5.69 Å². The highest BCUT2D eigenvalue weighted by Gasteiger charge is 2.21. The van der Waals surface area contributed by atoms with Crippen LogP contribution < -0.4 is 10.0 Å². The van der Waals surface area contributed by atoms with Crippen molar-refractivity contribution in [1.29, 1.82) is 0 Å². The van der Waals surface area contributed by atoms with Crippen molar-refractivity contribution in [3.8, 4) is 0 Å². The predicted octanol–water partition coefficient (Wildman–Crippen LogP) is 5.50. The van der Waals surface area contributed by atoms with Crippen LogP contribution in [0, 0.1) is 6.92 Å². The lowest BCUT2D eigenvalue weighted by atomic mass is 9.96. The maximum Gasteiger partial charge on any atom is 0.240 e. The number of hydrogen-bond acceptors (Lipinski definition) is 3. The van der Waals surface area contributed by atoms with Crippen LogP contribution >= 0.6 is 15.9 Å². The molecule has 1 aliphatic rings. The lowest BCUT2D eigenvalue weighted by Gasteiger charge is -2.22. The fourth-order valence-electron chi connectivity index (χ4n) is 4.07. The molecule has 31 heavy (non-hydrogen) atoms. The number of anilines is 1. The molecule has 0 spiro atoms. The third-order valence-electron chi connectivity index (χ3n) is 5.83. The SMILES string of the molecule is CCc1cc(Br)cc(C)c1NC(=O)CCc1ccc(S(=O)(=O)NC2CCCCC2)cc1. The van der Waals surface area contributed by atoms with E-state index in [-0.39, 0.29) is 16.8 Å². The average Bonchev–Trinajstić information content (AvgIpc) is 2.74. The highest BCUT2D eigenvalue weighted by atomic mass is 79.9. The molecule has 5 nitrogen and oxygen atoms in total. The molecule has 1 aliphatic carbocycles. The number of sulfonamides is 1. The second-order valence-electron chi connectivity index (χ2n) is 8.26. The number of nitrogens with one attached hydrogen (secondary N) is 2. The largest absolute Gasteiger partial charge is 0.326 e. The summed E-state index contributed by atoms with van der Waals surface area (Å²) in [5.41, 5.74) is 3.95. The third-order valence-corrected chi connectivity index (χ3v) is 7.82. The second-order valence-corrected chi connectivity index (χ2v) is 10.9. The van der Waals surface area contributed by atoms with Crippen LogP contribution in [-0.4, -0.2) is 20.4 Å². The van der Waals surface area contributed by atoms with Crippen LogP contribution in [0.15, 0.2) is 45.8 Å². The Bertz CT molecular complexity index is 1010. The zero-order valence-corrected chi connectivity index (χ0v) is 20.6. The summed E-state index contributed by atoms with van der Waals surface area (Å²) >= 11 is 3.50. The van der Waals surface area contributed by atoms with Gasteiger partial charge in [-0.15, -0.1) is 0 Å². The molecule has 0 heterocycles. The molecule has 2 aromatic carbocycles. The average molecular weight is 507 g/mol. The topological polar surface area (TPSA) is 75.3 Å². The van der Waals surface area contributed by atoms with E-state index in [0.29, 0.717) is 12.8 Å². The van der Waals surface area contributed by atoms with Gasteiger partial charge in [-0.25, -0.2) is 13.1 Å². The van der Waals surface area contributed by atoms with E-state index < -0.39 is 10.0 Å². The number of hydrogen-bond donors (Lipinski definition) is 2. The minimum atomic E-state index is -3.50. The molecule has 0 aromatic heterocycles. The Hall–Kier alpha value is -1.70.